The number of nitrogens with zero attached hydrogens (tertiary/aromatic N) is 1. The van der Waals surface area contributed by atoms with E-state index in [1.54, 1.807) is 14.0 Å². The minimum absolute atomic E-state index is 0.118. The maximum atomic E-state index is 11.1. The first-order chi connectivity index (χ1) is 5.79. The van der Waals surface area contributed by atoms with Gasteiger partial charge < -0.3 is 11.1 Å². The standard InChI is InChI=1S/C9H19N3O/c1-6(7(13)11-5)12-8(10)9(2,3)4/h6H,1-5H3,(H2,10,12)(H,11,13). The molecule has 1 amide bonds. The third kappa shape index (κ3) is 3.92. The van der Waals surface area contributed by atoms with E-state index in [9.17, 15) is 4.79 Å². The molecule has 0 aliphatic heterocycles. The summed E-state index contributed by atoms with van der Waals surface area (Å²) >= 11 is 0. The van der Waals surface area contributed by atoms with Crippen LogP contribution in [0.1, 0.15) is 27.7 Å². The lowest BCUT2D eigenvalue weighted by molar-refractivity contribution is -0.121. The minimum Gasteiger partial charge on any atom is -0.387 e. The number of amides is 1. The van der Waals surface area contributed by atoms with Crippen molar-refractivity contribution in [3.05, 3.63) is 0 Å². The Balaban J connectivity index is 4.48. The summed E-state index contributed by atoms with van der Waals surface area (Å²) in [5.41, 5.74) is 5.54. The summed E-state index contributed by atoms with van der Waals surface area (Å²) < 4.78 is 0. The van der Waals surface area contributed by atoms with Crippen molar-refractivity contribution < 1.29 is 4.79 Å². The highest BCUT2D eigenvalue weighted by Crippen LogP contribution is 2.13. The van der Waals surface area contributed by atoms with Gasteiger partial charge in [-0.25, -0.2) is 0 Å². The monoisotopic (exact) mass is 185 g/mol. The van der Waals surface area contributed by atoms with Gasteiger partial charge in [-0.3, -0.25) is 9.79 Å². The van der Waals surface area contributed by atoms with Crippen molar-refractivity contribution in [3.63, 3.8) is 0 Å². The molecule has 4 heteroatoms. The lowest BCUT2D eigenvalue weighted by atomic mass is 9.95. The molecule has 76 valence electrons. The molecule has 0 aromatic rings. The zero-order valence-corrected chi connectivity index (χ0v) is 9.01. The number of carbonyl (C=O) groups excluding carboxylic acids is 1. The van der Waals surface area contributed by atoms with Crippen LogP contribution < -0.4 is 11.1 Å². The third-order valence-corrected chi connectivity index (χ3v) is 1.73. The van der Waals surface area contributed by atoms with Crippen LogP contribution in [0.5, 0.6) is 0 Å². The van der Waals surface area contributed by atoms with E-state index < -0.39 is 6.04 Å². The topological polar surface area (TPSA) is 67.5 Å². The van der Waals surface area contributed by atoms with Crippen LogP contribution in [-0.2, 0) is 4.79 Å². The molecule has 0 bridgehead atoms. The molecular formula is C9H19N3O. The van der Waals surface area contributed by atoms with Crippen LogP contribution in [-0.4, -0.2) is 24.8 Å². The van der Waals surface area contributed by atoms with Crippen LogP contribution in [0, 0.1) is 5.41 Å². The van der Waals surface area contributed by atoms with Gasteiger partial charge in [0.25, 0.3) is 0 Å². The zero-order valence-electron chi connectivity index (χ0n) is 9.01. The van der Waals surface area contributed by atoms with Gasteiger partial charge in [0.15, 0.2) is 0 Å². The normalized spacial score (nSPS) is 15.3. The number of amidine groups is 1. The molecule has 0 radical (unpaired) electrons. The highest BCUT2D eigenvalue weighted by atomic mass is 16.2. The van der Waals surface area contributed by atoms with Gasteiger partial charge in [-0.05, 0) is 6.92 Å². The van der Waals surface area contributed by atoms with Crippen LogP contribution in [0.3, 0.4) is 0 Å². The maximum absolute atomic E-state index is 11.1. The SMILES string of the molecule is CNC(=O)C(C)N=C(N)C(C)(C)C. The number of hydrogen-bond donors (Lipinski definition) is 2. The zero-order chi connectivity index (χ0) is 10.6. The molecule has 0 aromatic carbocycles. The summed E-state index contributed by atoms with van der Waals surface area (Å²) in [7, 11) is 1.58. The number of aliphatic imine (C=N–C) groups is 1. The molecule has 0 rings (SSSR count). The second-order valence-electron chi connectivity index (χ2n) is 4.05. The van der Waals surface area contributed by atoms with Crippen LogP contribution >= 0.6 is 0 Å². The largest absolute Gasteiger partial charge is 0.387 e. The Morgan fingerprint density at radius 2 is 1.92 bits per heavy atom. The highest BCUT2D eigenvalue weighted by molar-refractivity contribution is 5.89. The molecule has 1 atom stereocenters. The summed E-state index contributed by atoms with van der Waals surface area (Å²) in [5, 5.41) is 2.52. The van der Waals surface area contributed by atoms with Gasteiger partial charge in [-0.15, -0.1) is 0 Å². The van der Waals surface area contributed by atoms with Gasteiger partial charge in [-0.1, -0.05) is 20.8 Å². The van der Waals surface area contributed by atoms with Crippen molar-refractivity contribution in [1.82, 2.24) is 5.32 Å². The summed E-state index contributed by atoms with van der Waals surface area (Å²) in [6.45, 7) is 7.60. The summed E-state index contributed by atoms with van der Waals surface area (Å²) in [6.07, 6.45) is 0. The van der Waals surface area contributed by atoms with Gasteiger partial charge in [0.1, 0.15) is 11.9 Å². The Bertz CT molecular complexity index is 215. The van der Waals surface area contributed by atoms with Crippen molar-refractivity contribution in [2.45, 2.75) is 33.7 Å². The summed E-state index contributed by atoms with van der Waals surface area (Å²) in [4.78, 5) is 15.2. The quantitative estimate of drug-likeness (QED) is 0.486. The molecule has 0 heterocycles. The molecule has 0 fully saturated rings. The average Bonchev–Trinajstić information content (AvgIpc) is 2.01. The lowest BCUT2D eigenvalue weighted by Gasteiger charge is -2.18. The van der Waals surface area contributed by atoms with Crippen molar-refractivity contribution in [2.75, 3.05) is 7.05 Å². The number of hydrogen-bond acceptors (Lipinski definition) is 2. The molecule has 3 N–H and O–H groups in total. The van der Waals surface area contributed by atoms with E-state index in [1.165, 1.54) is 0 Å². The van der Waals surface area contributed by atoms with Crippen LogP contribution in [0.15, 0.2) is 4.99 Å². The molecule has 0 saturated carbocycles. The van der Waals surface area contributed by atoms with Crippen LogP contribution in [0.25, 0.3) is 0 Å². The predicted octanol–water partition coefficient (Wildman–Crippen LogP) is 0.524. The molecule has 13 heavy (non-hydrogen) atoms. The minimum atomic E-state index is -0.413. The second kappa shape index (κ2) is 4.25. The highest BCUT2D eigenvalue weighted by Gasteiger charge is 2.18. The van der Waals surface area contributed by atoms with Crippen molar-refractivity contribution in [3.8, 4) is 0 Å². The second-order valence-corrected chi connectivity index (χ2v) is 4.05. The molecule has 0 aliphatic carbocycles. The van der Waals surface area contributed by atoms with Crippen molar-refractivity contribution >= 4 is 11.7 Å². The van der Waals surface area contributed by atoms with Crippen molar-refractivity contribution in [2.24, 2.45) is 16.1 Å². The van der Waals surface area contributed by atoms with Gasteiger partial charge in [0.05, 0.1) is 0 Å². The van der Waals surface area contributed by atoms with Crippen molar-refractivity contribution in [1.29, 1.82) is 0 Å². The fourth-order valence-corrected chi connectivity index (χ4v) is 0.670. The first kappa shape index (κ1) is 11.9. The lowest BCUT2D eigenvalue weighted by Crippen LogP contribution is -2.34. The Labute approximate surface area is 79.6 Å². The Hall–Kier alpha value is -1.06. The number of nitrogens with one attached hydrogen (secondary N) is 1. The molecule has 1 unspecified atom stereocenters. The molecule has 4 nitrogen and oxygen atoms in total. The molecule has 0 spiro atoms. The summed E-state index contributed by atoms with van der Waals surface area (Å²) in [5.74, 6) is 0.385. The molecule has 0 aromatic heterocycles. The number of carbonyl (C=O) groups is 1. The van der Waals surface area contributed by atoms with E-state index >= 15 is 0 Å². The number of rotatable bonds is 2. The smallest absolute Gasteiger partial charge is 0.244 e. The van der Waals surface area contributed by atoms with Gasteiger partial charge in [-0.2, -0.15) is 0 Å². The first-order valence-corrected chi connectivity index (χ1v) is 4.34. The maximum Gasteiger partial charge on any atom is 0.244 e. The van der Waals surface area contributed by atoms with E-state index in [-0.39, 0.29) is 11.3 Å². The van der Waals surface area contributed by atoms with Crippen LogP contribution in [0.4, 0.5) is 0 Å². The van der Waals surface area contributed by atoms with Crippen LogP contribution in [0.2, 0.25) is 0 Å². The van der Waals surface area contributed by atoms with Gasteiger partial charge in [0, 0.05) is 12.5 Å². The van der Waals surface area contributed by atoms with Gasteiger partial charge in [0.2, 0.25) is 5.91 Å². The van der Waals surface area contributed by atoms with E-state index in [2.05, 4.69) is 10.3 Å². The Morgan fingerprint density at radius 1 is 1.46 bits per heavy atom. The molecular weight excluding hydrogens is 166 g/mol. The Kier molecular flexibility index (Phi) is 3.91. The number of nitrogens with two attached hydrogens (primary N) is 1. The average molecular weight is 185 g/mol. The van der Waals surface area contributed by atoms with Gasteiger partial charge >= 0.3 is 0 Å². The fraction of sp³-hybridized carbons (Fsp3) is 0.778. The van der Waals surface area contributed by atoms with E-state index in [0.717, 1.165) is 0 Å². The Morgan fingerprint density at radius 3 is 2.23 bits per heavy atom. The fourth-order valence-electron chi connectivity index (χ4n) is 0.670. The molecule has 0 aliphatic rings. The first-order valence-electron chi connectivity index (χ1n) is 4.34. The van der Waals surface area contributed by atoms with E-state index in [4.69, 9.17) is 5.73 Å². The molecule has 0 saturated heterocycles. The van der Waals surface area contributed by atoms with E-state index in [0.29, 0.717) is 5.84 Å². The predicted molar refractivity (Wildman–Crippen MR) is 54.6 cm³/mol. The third-order valence-electron chi connectivity index (χ3n) is 1.73. The number of likely N-dealkylation sites (N-methyl/N-ethyl adjacent to an activating group) is 1. The summed E-state index contributed by atoms with van der Waals surface area (Å²) in [6, 6.07) is -0.413. The van der Waals surface area contributed by atoms with E-state index in [1.807, 2.05) is 20.8 Å².